The predicted octanol–water partition coefficient (Wildman–Crippen LogP) is 22.8. The first kappa shape index (κ1) is 102. The topological polar surface area (TPSA) is 409 Å². The molecule has 32 heteroatoms. The number of unbranched alkanes of at least 4 members (excludes halogenated alkanes) is 2. The first-order valence-electron chi connectivity index (χ1n) is 45.2. The highest BCUT2D eigenvalue weighted by molar-refractivity contribution is 6.07. The standard InChI is InChI=1S/C23H17F2NO6.C23H24N2O2.C22H18N2O2.C20H19F2NO6.C20H24N2O4/c24-23(25)31-18-11-10-16(20(22(28)29)21(18)32-23)26-19(27)13-30-17-9-5-4-8-15(17)12-14-6-2-1-3-7-14;1-3-5-6-7-16-8-10-17(11-9-16)12-13-18-14-19(23(26)27)22-20(15-18)24-21(4-2)25-22;1-2-20-23-19-13-17(12-18(22(25)26)21(19)24-20)16-10-8-15(9-11-16)14-6-4-3-5-7-14;1-3-11(2)12-6-4-5-7-14(12)27-10-16(24)23-13-8-9-15-18(17(13)19(25)26)29-20(21,22)28-15;1-3-14(2)15-7-4-5-8-18(15)26-12-6-9-19(23)22-17-13-21-11-10-16(17)20(24)25/h1-11H,12-13H2,(H,26,27)(H,28,29);8-11,14-15H,3-7H2,1-2H3,(H,24,25)(H,26,27);3-13H,2H2,1H3,(H,23,24)(H,25,26);4-9,11H,3,10H2,1-2H3,(H,23,24)(H,25,26);4-5,7-8,10-11,13-14H,3,6,9,12H2,1-2H3,(H,22,23)(H,24,25). The molecule has 2 unspecified atom stereocenters. The molecular formula is C108H102F4N8O20. The summed E-state index contributed by atoms with van der Waals surface area (Å²) in [6, 6.07) is 71.7. The number of carboxylic acid groups (broad SMARTS) is 5. The van der Waals surface area contributed by atoms with E-state index in [1.54, 1.807) is 36.4 Å². The van der Waals surface area contributed by atoms with Gasteiger partial charge in [0.15, 0.2) is 36.2 Å². The molecule has 0 spiro atoms. The van der Waals surface area contributed by atoms with Gasteiger partial charge < -0.3 is 84.6 Å². The summed E-state index contributed by atoms with van der Waals surface area (Å²) >= 11 is 0. The van der Waals surface area contributed by atoms with E-state index in [4.69, 9.17) is 19.3 Å². The second-order valence-corrected chi connectivity index (χ2v) is 32.3. The van der Waals surface area contributed by atoms with E-state index in [1.807, 2.05) is 155 Å². The fourth-order valence-corrected chi connectivity index (χ4v) is 14.9. The number of alkyl halides is 4. The Balaban J connectivity index is 0.000000157. The van der Waals surface area contributed by atoms with Gasteiger partial charge >= 0.3 is 42.4 Å². The van der Waals surface area contributed by atoms with E-state index in [0.29, 0.717) is 59.0 Å². The Morgan fingerprint density at radius 3 is 1.41 bits per heavy atom. The molecule has 0 saturated heterocycles. The number of aromatic nitrogens is 5. The predicted molar refractivity (Wildman–Crippen MR) is 519 cm³/mol. The van der Waals surface area contributed by atoms with Crippen molar-refractivity contribution in [3.8, 4) is 74.3 Å². The van der Waals surface area contributed by atoms with Gasteiger partial charge in [-0.25, -0.2) is 33.9 Å². The molecule has 140 heavy (non-hydrogen) atoms. The molecular weight excluding hydrogens is 1810 g/mol. The van der Waals surface area contributed by atoms with Gasteiger partial charge in [-0.1, -0.05) is 225 Å². The number of nitrogens with zero attached hydrogens (tertiary/aromatic N) is 3. The Hall–Kier alpha value is -16.9. The van der Waals surface area contributed by atoms with Crippen molar-refractivity contribution in [2.24, 2.45) is 0 Å². The van der Waals surface area contributed by atoms with Crippen molar-refractivity contribution in [2.45, 2.75) is 144 Å². The summed E-state index contributed by atoms with van der Waals surface area (Å²) in [5, 5.41) is 54.3. The summed E-state index contributed by atoms with van der Waals surface area (Å²) < 4.78 is 87.3. The largest absolute Gasteiger partial charge is 0.586 e. The van der Waals surface area contributed by atoms with E-state index >= 15 is 0 Å². The Morgan fingerprint density at radius 1 is 0.429 bits per heavy atom. The first-order valence-corrected chi connectivity index (χ1v) is 45.2. The van der Waals surface area contributed by atoms with Crippen LogP contribution in [0.15, 0.2) is 249 Å². The third-order valence-electron chi connectivity index (χ3n) is 22.4. The number of hydrogen-bond donors (Lipinski definition) is 10. The van der Waals surface area contributed by atoms with E-state index in [0.717, 1.165) is 124 Å². The number of halogens is 4. The van der Waals surface area contributed by atoms with E-state index in [-0.39, 0.29) is 52.0 Å². The molecule has 16 rings (SSSR count). The number of nitrogens with one attached hydrogen (secondary N) is 5. The summed E-state index contributed by atoms with van der Waals surface area (Å²) in [6.45, 7) is 14.1. The molecule has 10 N–H and O–H groups in total. The molecule has 3 amide bonds. The molecule has 722 valence electrons. The number of para-hydroxylation sites is 3. The highest BCUT2D eigenvalue weighted by Crippen LogP contribution is 2.48. The van der Waals surface area contributed by atoms with Gasteiger partial charge in [-0.3, -0.25) is 19.4 Å². The average Bonchev–Trinajstić information content (AvgIpc) is 1.62. The lowest BCUT2D eigenvalue weighted by Gasteiger charge is -2.16. The van der Waals surface area contributed by atoms with Crippen LogP contribution in [0.1, 0.15) is 208 Å². The molecule has 14 aromatic rings. The molecule has 0 aliphatic carbocycles. The molecule has 0 saturated carbocycles. The highest BCUT2D eigenvalue weighted by atomic mass is 19.3. The van der Waals surface area contributed by atoms with Gasteiger partial charge in [-0.15, -0.1) is 17.6 Å². The van der Waals surface area contributed by atoms with E-state index in [9.17, 15) is 76.3 Å². The van der Waals surface area contributed by atoms with Crippen LogP contribution in [0.5, 0.6) is 40.2 Å². The van der Waals surface area contributed by atoms with Gasteiger partial charge in [0.1, 0.15) is 51.1 Å². The number of carboxylic acids is 5. The van der Waals surface area contributed by atoms with Gasteiger partial charge in [0.25, 0.3) is 11.8 Å². The van der Waals surface area contributed by atoms with Gasteiger partial charge in [-0.05, 0) is 179 Å². The summed E-state index contributed by atoms with van der Waals surface area (Å²) in [6.07, 6.45) is 4.26. The van der Waals surface area contributed by atoms with Gasteiger partial charge in [-0.2, -0.15) is 0 Å². The number of ether oxygens (including phenoxy) is 7. The maximum atomic E-state index is 13.3. The maximum absolute atomic E-state index is 13.3. The number of amides is 3. The number of carbonyl (C=O) groups is 8. The summed E-state index contributed by atoms with van der Waals surface area (Å²) in [5.74, 6) is 0.366. The van der Waals surface area contributed by atoms with Crippen LogP contribution in [0.25, 0.3) is 44.3 Å². The van der Waals surface area contributed by atoms with Crippen LogP contribution in [-0.4, -0.2) is 130 Å². The number of rotatable bonds is 33. The number of anilines is 3. The summed E-state index contributed by atoms with van der Waals surface area (Å²) in [4.78, 5) is 113. The number of aryl methyl sites for hydroxylation is 3. The third kappa shape index (κ3) is 27.5. The van der Waals surface area contributed by atoms with Crippen molar-refractivity contribution in [3.63, 3.8) is 0 Å². The van der Waals surface area contributed by atoms with Crippen molar-refractivity contribution in [1.82, 2.24) is 24.9 Å². The minimum absolute atomic E-state index is 0.0204. The quantitative estimate of drug-likeness (QED) is 0.0104. The van der Waals surface area contributed by atoms with E-state index in [2.05, 4.69) is 135 Å². The second-order valence-electron chi connectivity index (χ2n) is 32.3. The normalized spacial score (nSPS) is 12.4. The molecule has 0 bridgehead atoms. The van der Waals surface area contributed by atoms with Crippen molar-refractivity contribution in [3.05, 3.63) is 327 Å². The Kier molecular flexibility index (Phi) is 35.0. The van der Waals surface area contributed by atoms with Crippen molar-refractivity contribution >= 4 is 86.7 Å². The van der Waals surface area contributed by atoms with E-state index < -0.39 is 102 Å². The number of carbonyl (C=O) groups excluding carboxylic acids is 3. The monoisotopic (exact) mass is 1910 g/mol. The van der Waals surface area contributed by atoms with E-state index in [1.165, 1.54) is 48.8 Å². The number of H-pyrrole nitrogens is 2. The average molecular weight is 1910 g/mol. The molecule has 0 radical (unpaired) electrons. The van der Waals surface area contributed by atoms with Crippen LogP contribution in [0.2, 0.25) is 0 Å². The van der Waals surface area contributed by atoms with Crippen LogP contribution in [0.3, 0.4) is 0 Å². The van der Waals surface area contributed by atoms with Crippen LogP contribution in [0.4, 0.5) is 34.6 Å². The van der Waals surface area contributed by atoms with Gasteiger partial charge in [0, 0.05) is 43.0 Å². The molecule has 3 aromatic heterocycles. The number of hydrogen-bond acceptors (Lipinski definition) is 18. The number of benzene rings is 11. The number of aromatic amines is 2. The Morgan fingerprint density at radius 2 is 0.893 bits per heavy atom. The number of fused-ring (bicyclic) bond motifs is 4. The molecule has 28 nitrogen and oxygen atoms in total. The van der Waals surface area contributed by atoms with Crippen molar-refractivity contribution < 1.29 is 115 Å². The number of pyridine rings is 1. The molecule has 0 fully saturated rings. The van der Waals surface area contributed by atoms with Crippen LogP contribution in [-0.2, 0) is 40.1 Å². The van der Waals surface area contributed by atoms with Crippen molar-refractivity contribution in [2.75, 3.05) is 35.8 Å². The SMILES string of the molecule is CCC(C)c1ccccc1OCC(=O)Nc1ccc2c(c1C(=O)O)OC(F)(F)O2.CCC(C)c1ccccc1OCCCC(=O)Nc1cnccc1C(=O)O.CCCCCc1ccc(C#Cc2cc(C(=O)O)c3nc(CC)[nH]c3c2)cc1.CCc1nc2c(C(=O)O)cc(-c3ccc(-c4ccccc4)cc3)cc2[nH]1.O=C(COc1ccccc1Cc1ccccc1)Nc1ccc2c(c1C(=O)O)OC(F)(F)O2. The minimum atomic E-state index is -3.99. The zero-order valence-corrected chi connectivity index (χ0v) is 77.4. The second kappa shape index (κ2) is 48.1. The van der Waals surface area contributed by atoms with Crippen molar-refractivity contribution in [1.29, 1.82) is 0 Å². The first-order chi connectivity index (χ1) is 67.3. The van der Waals surface area contributed by atoms with Crippen LogP contribution in [0, 0.1) is 11.8 Å². The highest BCUT2D eigenvalue weighted by Gasteiger charge is 2.48. The fraction of sp³-hybridized carbons (Fsp3) is 0.231. The molecule has 2 aliphatic rings. The zero-order valence-electron chi connectivity index (χ0n) is 77.4. The minimum Gasteiger partial charge on any atom is -0.493 e. The maximum Gasteiger partial charge on any atom is 0.586 e. The molecule has 5 heterocycles. The lowest BCUT2D eigenvalue weighted by Crippen LogP contribution is -2.26. The van der Waals surface area contributed by atoms with Gasteiger partial charge in [0.2, 0.25) is 5.91 Å². The summed E-state index contributed by atoms with van der Waals surface area (Å²) in [5.41, 5.74) is 12.5. The van der Waals surface area contributed by atoms with Crippen LogP contribution >= 0.6 is 0 Å². The third-order valence-corrected chi connectivity index (χ3v) is 22.4. The molecule has 11 aromatic carbocycles. The van der Waals surface area contributed by atoms with Crippen LogP contribution < -0.4 is 49.1 Å². The number of imidazole rings is 2. The molecule has 2 aliphatic heterocycles. The van der Waals surface area contributed by atoms with Gasteiger partial charge in [0.05, 0.1) is 57.6 Å². The Labute approximate surface area is 803 Å². The fourth-order valence-electron chi connectivity index (χ4n) is 14.9. The lowest BCUT2D eigenvalue weighted by molar-refractivity contribution is -0.287. The lowest BCUT2D eigenvalue weighted by atomic mass is 9.98. The smallest absolute Gasteiger partial charge is 0.493 e. The molecule has 2 atom stereocenters. The Bertz CT molecular complexity index is 6850. The summed E-state index contributed by atoms with van der Waals surface area (Å²) in [7, 11) is 0. The number of aromatic carboxylic acids is 5. The zero-order chi connectivity index (χ0) is 100.